The van der Waals surface area contributed by atoms with Crippen LogP contribution in [0.5, 0.6) is 0 Å². The van der Waals surface area contributed by atoms with Crippen LogP contribution in [-0.2, 0) is 0 Å². The second kappa shape index (κ2) is 11.1. The van der Waals surface area contributed by atoms with E-state index in [1.54, 1.807) is 0 Å². The van der Waals surface area contributed by atoms with E-state index in [0.717, 1.165) is 77.0 Å². The minimum Gasteiger partial charge on any atom is -0.455 e. The van der Waals surface area contributed by atoms with Gasteiger partial charge >= 0.3 is 0 Å². The number of benzene rings is 9. The minimum atomic E-state index is 0.628. The van der Waals surface area contributed by atoms with E-state index in [2.05, 4.69) is 174 Å². The van der Waals surface area contributed by atoms with Crippen molar-refractivity contribution in [1.29, 1.82) is 0 Å². The zero-order valence-electron chi connectivity index (χ0n) is 29.0. The first-order valence-corrected chi connectivity index (χ1v) is 18.3. The number of aromatic nitrogens is 3. The van der Waals surface area contributed by atoms with Crippen molar-refractivity contribution >= 4 is 87.0 Å². The number of nitrogens with zero attached hydrogens (tertiary/aromatic N) is 3. The smallest absolute Gasteiger partial charge is 0.235 e. The summed E-state index contributed by atoms with van der Waals surface area (Å²) in [6, 6.07) is 62.3. The minimum absolute atomic E-state index is 0.628. The molecule has 4 nitrogen and oxygen atoms in total. The average Bonchev–Trinajstić information content (AvgIpc) is 3.81. The van der Waals surface area contributed by atoms with Crippen molar-refractivity contribution in [3.63, 3.8) is 0 Å². The highest BCUT2D eigenvalue weighted by Crippen LogP contribution is 2.47. The summed E-state index contributed by atoms with van der Waals surface area (Å²) in [6.45, 7) is 0. The van der Waals surface area contributed by atoms with Crippen LogP contribution >= 0.6 is 0 Å². The summed E-state index contributed by atoms with van der Waals surface area (Å²) in [4.78, 5) is 10.9. The number of fused-ring (bicyclic) bond motifs is 14. The lowest BCUT2D eigenvalue weighted by atomic mass is 9.95. The number of para-hydroxylation sites is 3. The molecule has 0 saturated heterocycles. The van der Waals surface area contributed by atoms with E-state index in [9.17, 15) is 0 Å². The van der Waals surface area contributed by atoms with E-state index < -0.39 is 0 Å². The largest absolute Gasteiger partial charge is 0.455 e. The molecular weight excluding hydrogens is 659 g/mol. The quantitative estimate of drug-likeness (QED) is 0.174. The molecule has 0 atom stereocenters. The Morgan fingerprint density at radius 1 is 0.389 bits per heavy atom. The summed E-state index contributed by atoms with van der Waals surface area (Å²) >= 11 is 0. The van der Waals surface area contributed by atoms with Gasteiger partial charge in [-0.1, -0.05) is 164 Å². The fourth-order valence-corrected chi connectivity index (χ4v) is 8.90. The van der Waals surface area contributed by atoms with Crippen molar-refractivity contribution in [3.05, 3.63) is 176 Å². The molecule has 0 N–H and O–H groups in total. The molecule has 12 aromatic rings. The molecule has 0 aliphatic carbocycles. The third-order valence-corrected chi connectivity index (χ3v) is 11.2. The van der Waals surface area contributed by atoms with Crippen LogP contribution in [0.15, 0.2) is 180 Å². The van der Waals surface area contributed by atoms with E-state index >= 15 is 0 Å². The molecule has 9 aromatic carbocycles. The molecule has 3 aromatic heterocycles. The van der Waals surface area contributed by atoms with Crippen molar-refractivity contribution in [3.8, 4) is 28.3 Å². The predicted octanol–water partition coefficient (Wildman–Crippen LogP) is 13.4. The summed E-state index contributed by atoms with van der Waals surface area (Å²) < 4.78 is 9.17. The topological polar surface area (TPSA) is 43.9 Å². The Morgan fingerprint density at radius 2 is 1.02 bits per heavy atom. The Hall–Kier alpha value is -7.30. The zero-order valence-corrected chi connectivity index (χ0v) is 29.0. The molecule has 0 radical (unpaired) electrons. The molecule has 0 bridgehead atoms. The maximum atomic E-state index is 6.85. The Bertz CT molecular complexity index is 3500. The lowest BCUT2D eigenvalue weighted by Crippen LogP contribution is -2.04. The van der Waals surface area contributed by atoms with Gasteiger partial charge in [-0.15, -0.1) is 0 Å². The van der Waals surface area contributed by atoms with Crippen molar-refractivity contribution < 1.29 is 4.42 Å². The maximum Gasteiger partial charge on any atom is 0.235 e. The van der Waals surface area contributed by atoms with E-state index in [0.29, 0.717) is 5.95 Å². The molecular formula is C50H29N3O. The number of hydrogen-bond donors (Lipinski definition) is 0. The molecule has 54 heavy (non-hydrogen) atoms. The Labute approximate surface area is 309 Å². The van der Waals surface area contributed by atoms with Gasteiger partial charge in [-0.2, -0.15) is 0 Å². The van der Waals surface area contributed by atoms with Crippen LogP contribution in [-0.4, -0.2) is 14.5 Å². The summed E-state index contributed by atoms with van der Waals surface area (Å²) in [7, 11) is 0. The highest BCUT2D eigenvalue weighted by molar-refractivity contribution is 6.33. The van der Waals surface area contributed by atoms with Crippen molar-refractivity contribution in [2.45, 2.75) is 0 Å². The lowest BCUT2D eigenvalue weighted by molar-refractivity contribution is 0.670. The molecule has 0 unspecified atom stereocenters. The number of furan rings is 1. The molecule has 12 rings (SSSR count). The fraction of sp³-hybridized carbons (Fsp3) is 0. The molecule has 3 heterocycles. The maximum absolute atomic E-state index is 6.85. The average molecular weight is 688 g/mol. The summed E-state index contributed by atoms with van der Waals surface area (Å²) in [6.07, 6.45) is 0. The van der Waals surface area contributed by atoms with Crippen molar-refractivity contribution in [1.82, 2.24) is 14.5 Å². The Morgan fingerprint density at radius 3 is 1.85 bits per heavy atom. The first-order chi connectivity index (χ1) is 26.8. The first-order valence-electron chi connectivity index (χ1n) is 18.3. The van der Waals surface area contributed by atoms with E-state index in [1.165, 1.54) is 32.3 Å². The van der Waals surface area contributed by atoms with Gasteiger partial charge in [-0.3, -0.25) is 4.57 Å². The van der Waals surface area contributed by atoms with Gasteiger partial charge in [0.15, 0.2) is 0 Å². The summed E-state index contributed by atoms with van der Waals surface area (Å²) in [5.74, 6) is 0.628. The normalized spacial score (nSPS) is 12.1. The van der Waals surface area contributed by atoms with Gasteiger partial charge in [0.1, 0.15) is 11.2 Å². The first kappa shape index (κ1) is 29.3. The zero-order chi connectivity index (χ0) is 35.3. The summed E-state index contributed by atoms with van der Waals surface area (Å²) in [5, 5.41) is 12.7. The SMILES string of the molecule is c1ccc(-c2nc(-n3c4c(-c5cccc6c5oc5ccc7ccccc7c56)cccc4c4c5ccccc5c5ccccc5c43)nc3ccccc23)cc1. The molecule has 0 fully saturated rings. The lowest BCUT2D eigenvalue weighted by Gasteiger charge is -2.15. The molecule has 0 spiro atoms. The van der Waals surface area contributed by atoms with Crippen molar-refractivity contribution in [2.75, 3.05) is 0 Å². The molecule has 4 heteroatoms. The fourth-order valence-electron chi connectivity index (χ4n) is 8.90. The second-order valence-electron chi connectivity index (χ2n) is 14.1. The third kappa shape index (κ3) is 4.02. The van der Waals surface area contributed by atoms with Gasteiger partial charge in [0, 0.05) is 49.0 Å². The van der Waals surface area contributed by atoms with Gasteiger partial charge in [-0.25, -0.2) is 9.97 Å². The highest BCUT2D eigenvalue weighted by Gasteiger charge is 2.25. The third-order valence-electron chi connectivity index (χ3n) is 11.2. The van der Waals surface area contributed by atoms with E-state index in [4.69, 9.17) is 14.4 Å². The van der Waals surface area contributed by atoms with Gasteiger partial charge in [0.2, 0.25) is 5.95 Å². The van der Waals surface area contributed by atoms with Crippen LogP contribution < -0.4 is 0 Å². The predicted molar refractivity (Wildman–Crippen MR) is 225 cm³/mol. The van der Waals surface area contributed by atoms with E-state index in [-0.39, 0.29) is 0 Å². The number of rotatable bonds is 3. The van der Waals surface area contributed by atoms with Crippen LogP contribution in [0.25, 0.3) is 115 Å². The van der Waals surface area contributed by atoms with Gasteiger partial charge in [-0.05, 0) is 39.1 Å². The monoisotopic (exact) mass is 687 g/mol. The molecule has 250 valence electrons. The molecule has 0 saturated carbocycles. The van der Waals surface area contributed by atoms with Gasteiger partial charge < -0.3 is 4.42 Å². The van der Waals surface area contributed by atoms with Gasteiger partial charge in [0.05, 0.1) is 22.2 Å². The Balaban J connectivity index is 1.29. The van der Waals surface area contributed by atoms with Crippen LogP contribution in [0.2, 0.25) is 0 Å². The van der Waals surface area contributed by atoms with Crippen LogP contribution in [0.3, 0.4) is 0 Å². The van der Waals surface area contributed by atoms with Crippen molar-refractivity contribution in [2.24, 2.45) is 0 Å². The van der Waals surface area contributed by atoms with E-state index in [1.807, 2.05) is 6.07 Å². The number of hydrogen-bond acceptors (Lipinski definition) is 3. The standard InChI is InChI=1S/C50H29N3O/c1-2-15-31(16-3-1)46-39-22-10-11-27-42(39)51-50(52-46)53-47-37(38-24-13-26-41-44-32-17-5-4-14-30(32)28-29-43(44)54-49(38)41)23-12-25-40(47)45-35-20-8-6-18-33(35)34-19-7-9-21-36(34)48(45)53/h1-29H. The van der Waals surface area contributed by atoms with Crippen LogP contribution in [0.4, 0.5) is 0 Å². The molecule has 0 aliphatic heterocycles. The summed E-state index contributed by atoms with van der Waals surface area (Å²) in [5.41, 5.74) is 8.81. The van der Waals surface area contributed by atoms with Gasteiger partial charge in [0.25, 0.3) is 0 Å². The molecule has 0 aliphatic rings. The van der Waals surface area contributed by atoms with Crippen LogP contribution in [0, 0.1) is 0 Å². The second-order valence-corrected chi connectivity index (χ2v) is 14.1. The Kier molecular flexibility index (Phi) is 6.02. The van der Waals surface area contributed by atoms with Crippen LogP contribution in [0.1, 0.15) is 0 Å². The molecule has 0 amide bonds. The highest BCUT2D eigenvalue weighted by atomic mass is 16.3.